The van der Waals surface area contributed by atoms with Gasteiger partial charge in [-0.25, -0.2) is 4.98 Å². The van der Waals surface area contributed by atoms with Crippen LogP contribution in [0.1, 0.15) is 17.3 Å². The molecule has 0 fully saturated rings. The van der Waals surface area contributed by atoms with Crippen LogP contribution in [0.4, 0.5) is 0 Å². The van der Waals surface area contributed by atoms with Crippen LogP contribution in [-0.2, 0) is 0 Å². The first kappa shape index (κ1) is 13.8. The van der Waals surface area contributed by atoms with E-state index in [1.165, 1.54) is 11.3 Å². The van der Waals surface area contributed by atoms with E-state index in [1.54, 1.807) is 0 Å². The first-order valence-corrected chi connectivity index (χ1v) is 7.41. The van der Waals surface area contributed by atoms with Gasteiger partial charge in [0, 0.05) is 10.9 Å². The number of halogens is 1. The van der Waals surface area contributed by atoms with Gasteiger partial charge in [-0.3, -0.25) is 0 Å². The van der Waals surface area contributed by atoms with Crippen LogP contribution in [0.15, 0.2) is 22.7 Å². The number of benzene rings is 1. The van der Waals surface area contributed by atoms with Crippen molar-refractivity contribution in [3.8, 4) is 0 Å². The third kappa shape index (κ3) is 2.85. The highest BCUT2D eigenvalue weighted by Gasteiger charge is 2.22. The van der Waals surface area contributed by atoms with E-state index in [0.717, 1.165) is 14.7 Å². The molecular formula is C11H8BrNO2S3. The molecule has 0 bridgehead atoms. The molecular weight excluding hydrogens is 354 g/mol. The average molecular weight is 362 g/mol. The zero-order valence-electron chi connectivity index (χ0n) is 8.96. The van der Waals surface area contributed by atoms with Gasteiger partial charge in [-0.2, -0.15) is 0 Å². The summed E-state index contributed by atoms with van der Waals surface area (Å²) < 4.78 is 1.93. The van der Waals surface area contributed by atoms with Gasteiger partial charge in [0.15, 0.2) is 10.1 Å². The second kappa shape index (κ2) is 5.56. The maximum Gasteiger partial charge on any atom is 0.167 e. The van der Waals surface area contributed by atoms with Gasteiger partial charge in [0.05, 0.1) is 16.1 Å². The highest BCUT2D eigenvalue weighted by Crippen LogP contribution is 2.34. The molecule has 1 heterocycles. The van der Waals surface area contributed by atoms with Gasteiger partial charge in [0.2, 0.25) is 0 Å². The van der Waals surface area contributed by atoms with E-state index in [1.807, 2.05) is 18.2 Å². The predicted molar refractivity (Wildman–Crippen MR) is 85.1 cm³/mol. The van der Waals surface area contributed by atoms with Crippen molar-refractivity contribution in [3.05, 3.63) is 27.7 Å². The van der Waals surface area contributed by atoms with E-state index in [0.29, 0.717) is 5.01 Å². The number of hydrogen-bond acceptors (Lipinski definition) is 4. The summed E-state index contributed by atoms with van der Waals surface area (Å²) in [5.41, 5.74) is 0.828. The Kier molecular flexibility index (Phi) is 4.26. The number of nitrogens with zero attached hydrogens (tertiary/aromatic N) is 1. The summed E-state index contributed by atoms with van der Waals surface area (Å²) in [6.07, 6.45) is 0.113. The van der Waals surface area contributed by atoms with Gasteiger partial charge in [-0.05, 0) is 52.5 Å². The van der Waals surface area contributed by atoms with Crippen molar-refractivity contribution in [1.82, 2.24) is 4.98 Å². The van der Waals surface area contributed by atoms with Crippen molar-refractivity contribution in [3.63, 3.8) is 0 Å². The lowest BCUT2D eigenvalue weighted by Gasteiger charge is -2.08. The maximum atomic E-state index is 9.52. The monoisotopic (exact) mass is 361 g/mol. The molecule has 2 rings (SSSR count). The third-order valence-corrected chi connectivity index (χ3v) is 4.95. The van der Waals surface area contributed by atoms with Gasteiger partial charge in [0.1, 0.15) is 5.01 Å². The molecule has 0 aliphatic carbocycles. The van der Waals surface area contributed by atoms with Crippen molar-refractivity contribution >= 4 is 72.0 Å². The smallest absolute Gasteiger partial charge is 0.167 e. The largest absolute Gasteiger partial charge is 0.502 e. The second-order valence-electron chi connectivity index (χ2n) is 3.63. The van der Waals surface area contributed by atoms with Crippen LogP contribution in [-0.4, -0.2) is 25.3 Å². The number of aromatic nitrogens is 1. The summed E-state index contributed by atoms with van der Waals surface area (Å²) in [5, 5.41) is 19.0. The average Bonchev–Trinajstić information content (AvgIpc) is 2.70. The van der Waals surface area contributed by atoms with Gasteiger partial charge >= 0.3 is 0 Å². The summed E-state index contributed by atoms with van der Waals surface area (Å²) in [6, 6.07) is 5.70. The summed E-state index contributed by atoms with van der Waals surface area (Å²) in [4.78, 5) is 4.42. The number of thiazole rings is 1. The highest BCUT2D eigenvalue weighted by atomic mass is 79.9. The van der Waals surface area contributed by atoms with E-state index < -0.39 is 5.92 Å². The SMILES string of the molecule is OC(=S)CC(C(O)=S)c1nc2cccc(Br)c2s1. The Balaban J connectivity index is 2.48. The Bertz CT molecular complexity index is 626. The number of hydrogen-bond donors (Lipinski definition) is 2. The van der Waals surface area contributed by atoms with E-state index in [2.05, 4.69) is 33.1 Å². The number of aliphatic hydroxyl groups is 2. The molecule has 18 heavy (non-hydrogen) atoms. The zero-order valence-corrected chi connectivity index (χ0v) is 13.0. The van der Waals surface area contributed by atoms with Crippen molar-refractivity contribution in [2.45, 2.75) is 12.3 Å². The van der Waals surface area contributed by atoms with Crippen LogP contribution in [0.5, 0.6) is 0 Å². The van der Waals surface area contributed by atoms with Crippen LogP contribution in [0.25, 0.3) is 10.2 Å². The Hall–Kier alpha value is -0.630. The molecule has 1 unspecified atom stereocenters. The quantitative estimate of drug-likeness (QED) is 0.794. The van der Waals surface area contributed by atoms with Gasteiger partial charge in [0.25, 0.3) is 0 Å². The minimum absolute atomic E-state index is 0.113. The summed E-state index contributed by atoms with van der Waals surface area (Å²) in [7, 11) is 0. The standard InChI is InChI=1S/C11H8BrNO2S3/c12-6-2-1-3-7-9(6)18-10(13-7)5(11(15)17)4-8(14)16/h1-3,5H,4H2,(H,14,16)(H,15,17). The topological polar surface area (TPSA) is 53.4 Å². The van der Waals surface area contributed by atoms with Crippen LogP contribution >= 0.6 is 51.7 Å². The molecule has 0 saturated heterocycles. The Labute approximate surface area is 127 Å². The first-order chi connectivity index (χ1) is 8.49. The van der Waals surface area contributed by atoms with E-state index >= 15 is 0 Å². The molecule has 3 nitrogen and oxygen atoms in total. The molecule has 1 atom stereocenters. The molecule has 0 aliphatic heterocycles. The predicted octanol–water partition coefficient (Wildman–Crippen LogP) is 4.30. The molecule has 2 N–H and O–H groups in total. The van der Waals surface area contributed by atoms with Crippen LogP contribution < -0.4 is 0 Å². The molecule has 1 aromatic carbocycles. The van der Waals surface area contributed by atoms with Crippen molar-refractivity contribution in [1.29, 1.82) is 0 Å². The maximum absolute atomic E-state index is 9.52. The second-order valence-corrected chi connectivity index (χ2v) is 6.40. The number of fused-ring (bicyclic) bond motifs is 1. The number of aliphatic hydroxyl groups excluding tert-OH is 2. The van der Waals surface area contributed by atoms with Crippen LogP contribution in [0, 0.1) is 0 Å². The molecule has 0 amide bonds. The van der Waals surface area contributed by atoms with Crippen molar-refractivity contribution < 1.29 is 10.2 Å². The fourth-order valence-corrected chi connectivity index (χ4v) is 3.65. The summed E-state index contributed by atoms with van der Waals surface area (Å²) in [5.74, 6) is -0.526. The lowest BCUT2D eigenvalue weighted by atomic mass is 10.1. The fourth-order valence-electron chi connectivity index (χ4n) is 1.54. The zero-order chi connectivity index (χ0) is 13.3. The minimum Gasteiger partial charge on any atom is -0.502 e. The minimum atomic E-state index is -0.526. The van der Waals surface area contributed by atoms with E-state index in [-0.39, 0.29) is 16.5 Å². The lowest BCUT2D eigenvalue weighted by molar-refractivity contribution is 0.511. The Morgan fingerprint density at radius 1 is 1.39 bits per heavy atom. The normalized spacial score (nSPS) is 12.5. The molecule has 7 heteroatoms. The molecule has 2 aromatic rings. The first-order valence-electron chi connectivity index (χ1n) is 4.98. The summed E-state index contributed by atoms with van der Waals surface area (Å²) in [6.45, 7) is 0. The fraction of sp³-hybridized carbons (Fsp3) is 0.182. The third-order valence-electron chi connectivity index (χ3n) is 2.36. The molecule has 0 radical (unpaired) electrons. The van der Waals surface area contributed by atoms with Crippen LogP contribution in [0.3, 0.4) is 0 Å². The van der Waals surface area contributed by atoms with E-state index in [9.17, 15) is 10.2 Å². The lowest BCUT2D eigenvalue weighted by Crippen LogP contribution is -2.13. The summed E-state index contributed by atoms with van der Waals surface area (Å²) >= 11 is 14.3. The highest BCUT2D eigenvalue weighted by molar-refractivity contribution is 9.10. The van der Waals surface area contributed by atoms with Gasteiger partial charge < -0.3 is 10.2 Å². The Morgan fingerprint density at radius 3 is 2.67 bits per heavy atom. The van der Waals surface area contributed by atoms with Gasteiger partial charge in [-0.15, -0.1) is 11.3 Å². The van der Waals surface area contributed by atoms with Gasteiger partial charge in [-0.1, -0.05) is 6.07 Å². The van der Waals surface area contributed by atoms with Crippen LogP contribution in [0.2, 0.25) is 0 Å². The molecule has 1 aromatic heterocycles. The molecule has 0 aliphatic rings. The number of rotatable bonds is 4. The van der Waals surface area contributed by atoms with Crippen molar-refractivity contribution in [2.75, 3.05) is 0 Å². The van der Waals surface area contributed by atoms with E-state index in [4.69, 9.17) is 12.2 Å². The van der Waals surface area contributed by atoms with Crippen molar-refractivity contribution in [2.24, 2.45) is 0 Å². The number of thiocarbonyl (C=S) groups is 2. The molecule has 0 spiro atoms. The molecule has 94 valence electrons. The Morgan fingerprint density at radius 2 is 2.11 bits per heavy atom. The molecule has 0 saturated carbocycles.